The molecule has 1 aromatic heterocycles. The third-order valence-corrected chi connectivity index (χ3v) is 4.36. The summed E-state index contributed by atoms with van der Waals surface area (Å²) < 4.78 is 2.27. The first kappa shape index (κ1) is 13.1. The quantitative estimate of drug-likeness (QED) is 0.634. The van der Waals surface area contributed by atoms with Crippen LogP contribution in [0, 0.1) is 13.8 Å². The first-order valence-corrected chi connectivity index (χ1v) is 7.54. The van der Waals surface area contributed by atoms with Crippen LogP contribution in [0.5, 0.6) is 0 Å². The highest BCUT2D eigenvalue weighted by Gasteiger charge is 2.04. The molecule has 3 aromatic rings. The molecule has 0 aliphatic carbocycles. The van der Waals surface area contributed by atoms with Gasteiger partial charge < -0.3 is 4.57 Å². The van der Waals surface area contributed by atoms with Crippen molar-refractivity contribution in [1.82, 2.24) is 4.57 Å². The summed E-state index contributed by atoms with van der Waals surface area (Å²) >= 11 is 1.79. The largest absolute Gasteiger partial charge is 0.319 e. The van der Waals surface area contributed by atoms with Gasteiger partial charge in [0.1, 0.15) is 0 Å². The minimum absolute atomic E-state index is 1.22. The monoisotopic (exact) mass is 279 g/mol. The van der Waals surface area contributed by atoms with Crippen LogP contribution in [-0.2, 0) is 0 Å². The third-order valence-electron chi connectivity index (χ3n) is 3.34. The lowest BCUT2D eigenvalue weighted by atomic mass is 10.3. The zero-order valence-electron chi connectivity index (χ0n) is 11.7. The minimum atomic E-state index is 1.22. The maximum atomic E-state index is 2.27. The summed E-state index contributed by atoms with van der Waals surface area (Å²) in [6.07, 6.45) is 0. The molecule has 3 rings (SSSR count). The predicted molar refractivity (Wildman–Crippen MR) is 85.8 cm³/mol. The number of aromatic nitrogens is 1. The number of benzene rings is 2. The van der Waals surface area contributed by atoms with Crippen LogP contribution in [0.1, 0.15) is 11.4 Å². The van der Waals surface area contributed by atoms with E-state index < -0.39 is 0 Å². The predicted octanol–water partition coefficient (Wildman–Crippen LogP) is 5.25. The van der Waals surface area contributed by atoms with Crippen molar-refractivity contribution in [3.63, 3.8) is 0 Å². The molecule has 0 amide bonds. The molecule has 0 saturated carbocycles. The highest BCUT2D eigenvalue weighted by Crippen LogP contribution is 2.28. The zero-order valence-corrected chi connectivity index (χ0v) is 12.5. The molecule has 0 bridgehead atoms. The third kappa shape index (κ3) is 2.66. The van der Waals surface area contributed by atoms with E-state index in [0.29, 0.717) is 0 Å². The molecule has 0 aliphatic heterocycles. The summed E-state index contributed by atoms with van der Waals surface area (Å²) in [6.45, 7) is 4.28. The summed E-state index contributed by atoms with van der Waals surface area (Å²) in [5, 5.41) is 0. The Bertz CT molecular complexity index is 677. The molecule has 0 saturated heterocycles. The first-order valence-electron chi connectivity index (χ1n) is 6.72. The summed E-state index contributed by atoms with van der Waals surface area (Å²) in [5.41, 5.74) is 3.76. The van der Waals surface area contributed by atoms with Gasteiger partial charge in [-0.1, -0.05) is 30.0 Å². The molecule has 1 heterocycles. The van der Waals surface area contributed by atoms with E-state index in [2.05, 4.69) is 79.1 Å². The van der Waals surface area contributed by atoms with Crippen LogP contribution in [0.15, 0.2) is 76.5 Å². The van der Waals surface area contributed by atoms with Gasteiger partial charge in [0, 0.05) is 26.9 Å². The smallest absolute Gasteiger partial charge is 0.0455 e. The Labute approximate surface area is 124 Å². The van der Waals surface area contributed by atoms with Crippen molar-refractivity contribution in [2.75, 3.05) is 0 Å². The second kappa shape index (κ2) is 5.59. The molecular weight excluding hydrogens is 262 g/mol. The van der Waals surface area contributed by atoms with Crippen molar-refractivity contribution in [3.8, 4) is 5.69 Å². The summed E-state index contributed by atoms with van der Waals surface area (Å²) in [5.74, 6) is 0. The Morgan fingerprint density at radius 1 is 0.650 bits per heavy atom. The maximum absolute atomic E-state index is 2.27. The van der Waals surface area contributed by atoms with Gasteiger partial charge in [-0.2, -0.15) is 0 Å². The van der Waals surface area contributed by atoms with Crippen LogP contribution in [-0.4, -0.2) is 4.57 Å². The lowest BCUT2D eigenvalue weighted by Crippen LogP contribution is -1.97. The molecular formula is C18H17NS. The van der Waals surface area contributed by atoms with Crippen LogP contribution in [0.3, 0.4) is 0 Å². The average molecular weight is 279 g/mol. The number of hydrogen-bond acceptors (Lipinski definition) is 1. The molecule has 0 fully saturated rings. The molecule has 0 radical (unpaired) electrons. The van der Waals surface area contributed by atoms with Gasteiger partial charge in [-0.25, -0.2) is 0 Å². The number of nitrogens with zero attached hydrogens (tertiary/aromatic N) is 1. The number of aryl methyl sites for hydroxylation is 2. The van der Waals surface area contributed by atoms with Crippen molar-refractivity contribution in [2.45, 2.75) is 23.6 Å². The molecule has 2 aromatic carbocycles. The van der Waals surface area contributed by atoms with Gasteiger partial charge in [0.05, 0.1) is 0 Å². The molecule has 0 spiro atoms. The van der Waals surface area contributed by atoms with E-state index in [-0.39, 0.29) is 0 Å². The lowest BCUT2D eigenvalue weighted by Gasteiger charge is -2.10. The lowest BCUT2D eigenvalue weighted by molar-refractivity contribution is 0.963. The Hall–Kier alpha value is -1.93. The van der Waals surface area contributed by atoms with Gasteiger partial charge >= 0.3 is 0 Å². The van der Waals surface area contributed by atoms with Crippen molar-refractivity contribution in [2.24, 2.45) is 0 Å². The fourth-order valence-electron chi connectivity index (χ4n) is 2.36. The summed E-state index contributed by atoms with van der Waals surface area (Å²) in [6, 6.07) is 23.5. The van der Waals surface area contributed by atoms with Gasteiger partial charge in [0.2, 0.25) is 0 Å². The average Bonchev–Trinajstić information content (AvgIpc) is 2.81. The van der Waals surface area contributed by atoms with E-state index in [9.17, 15) is 0 Å². The normalized spacial score (nSPS) is 10.7. The fourth-order valence-corrected chi connectivity index (χ4v) is 3.20. The van der Waals surface area contributed by atoms with Gasteiger partial charge in [0.25, 0.3) is 0 Å². The SMILES string of the molecule is Cc1ccc(C)n1-c1ccc(Sc2ccccc2)cc1. The Morgan fingerprint density at radius 2 is 1.20 bits per heavy atom. The zero-order chi connectivity index (χ0) is 13.9. The molecule has 0 unspecified atom stereocenters. The summed E-state index contributed by atoms with van der Waals surface area (Å²) in [4.78, 5) is 2.54. The van der Waals surface area contributed by atoms with Gasteiger partial charge in [0.15, 0.2) is 0 Å². The van der Waals surface area contributed by atoms with Crippen LogP contribution < -0.4 is 0 Å². The van der Waals surface area contributed by atoms with E-state index in [1.807, 2.05) is 6.07 Å². The Balaban J connectivity index is 1.85. The van der Waals surface area contributed by atoms with E-state index in [4.69, 9.17) is 0 Å². The van der Waals surface area contributed by atoms with Crippen LogP contribution in [0.4, 0.5) is 0 Å². The van der Waals surface area contributed by atoms with Crippen LogP contribution in [0.2, 0.25) is 0 Å². The molecule has 100 valence electrons. The van der Waals surface area contributed by atoms with E-state index in [1.54, 1.807) is 11.8 Å². The maximum Gasteiger partial charge on any atom is 0.0455 e. The van der Waals surface area contributed by atoms with Gasteiger partial charge in [-0.05, 0) is 62.4 Å². The van der Waals surface area contributed by atoms with Gasteiger partial charge in [-0.15, -0.1) is 0 Å². The molecule has 0 atom stereocenters. The topological polar surface area (TPSA) is 4.93 Å². The van der Waals surface area contributed by atoms with Crippen molar-refractivity contribution >= 4 is 11.8 Å². The molecule has 1 nitrogen and oxygen atoms in total. The van der Waals surface area contributed by atoms with Crippen molar-refractivity contribution in [3.05, 3.63) is 78.1 Å². The fraction of sp³-hybridized carbons (Fsp3) is 0.111. The second-order valence-electron chi connectivity index (χ2n) is 4.86. The van der Waals surface area contributed by atoms with E-state index in [0.717, 1.165) is 0 Å². The Morgan fingerprint density at radius 3 is 1.80 bits per heavy atom. The van der Waals surface area contributed by atoms with Gasteiger partial charge in [-0.3, -0.25) is 0 Å². The molecule has 2 heteroatoms. The molecule has 20 heavy (non-hydrogen) atoms. The highest BCUT2D eigenvalue weighted by molar-refractivity contribution is 7.99. The number of hydrogen-bond donors (Lipinski definition) is 0. The first-order chi connectivity index (χ1) is 9.74. The minimum Gasteiger partial charge on any atom is -0.319 e. The van der Waals surface area contributed by atoms with Crippen molar-refractivity contribution < 1.29 is 0 Å². The van der Waals surface area contributed by atoms with Crippen LogP contribution >= 0.6 is 11.8 Å². The highest BCUT2D eigenvalue weighted by atomic mass is 32.2. The Kier molecular flexibility index (Phi) is 3.66. The van der Waals surface area contributed by atoms with Crippen molar-refractivity contribution in [1.29, 1.82) is 0 Å². The van der Waals surface area contributed by atoms with Crippen LogP contribution in [0.25, 0.3) is 5.69 Å². The second-order valence-corrected chi connectivity index (χ2v) is 6.01. The summed E-state index contributed by atoms with van der Waals surface area (Å²) in [7, 11) is 0. The van der Waals surface area contributed by atoms with E-state index in [1.165, 1.54) is 26.9 Å². The van der Waals surface area contributed by atoms with E-state index >= 15 is 0 Å². The molecule has 0 aliphatic rings. The molecule has 0 N–H and O–H groups in total. The number of rotatable bonds is 3. The standard InChI is InChI=1S/C18H17NS/c1-14-8-9-15(2)19(14)16-10-12-18(13-11-16)20-17-6-4-3-5-7-17/h3-13H,1-2H3.